The highest BCUT2D eigenvalue weighted by Gasteiger charge is 2.39. The lowest BCUT2D eigenvalue weighted by atomic mass is 9.70. The fraction of sp³-hybridized carbons (Fsp3) is 0.565. The monoisotopic (exact) mass is 398 g/mol. The van der Waals surface area contributed by atoms with Crippen LogP contribution in [0.25, 0.3) is 11.3 Å². The molecule has 2 aromatic rings. The Labute approximate surface area is 170 Å². The summed E-state index contributed by atoms with van der Waals surface area (Å²) >= 11 is 0. The van der Waals surface area contributed by atoms with Crippen LogP contribution in [0, 0.1) is 17.0 Å². The Morgan fingerprint density at radius 3 is 2.21 bits per heavy atom. The normalized spacial score (nSPS) is 22.6. The fourth-order valence-corrected chi connectivity index (χ4v) is 5.16. The highest BCUT2D eigenvalue weighted by molar-refractivity contribution is 5.60. The summed E-state index contributed by atoms with van der Waals surface area (Å²) < 4.78 is 27.4. The van der Waals surface area contributed by atoms with Crippen LogP contribution in [0.5, 0.6) is 0 Å². The molecule has 1 aromatic carbocycles. The summed E-state index contributed by atoms with van der Waals surface area (Å²) in [6.07, 6.45) is 9.25. The lowest BCUT2D eigenvalue weighted by molar-refractivity contribution is 0.0305. The molecule has 3 fully saturated rings. The van der Waals surface area contributed by atoms with Gasteiger partial charge in [0.1, 0.15) is 11.6 Å². The average molecular weight is 399 g/mol. The lowest BCUT2D eigenvalue weighted by Crippen LogP contribution is -2.51. The lowest BCUT2D eigenvalue weighted by Gasteiger charge is -2.50. The number of benzene rings is 1. The summed E-state index contributed by atoms with van der Waals surface area (Å²) in [5.74, 6) is -0.133. The molecule has 3 heterocycles. The third-order valence-electron chi connectivity index (χ3n) is 7.45. The molecule has 0 unspecified atom stereocenters. The van der Waals surface area contributed by atoms with E-state index in [1.54, 1.807) is 6.07 Å². The van der Waals surface area contributed by atoms with Gasteiger partial charge in [-0.3, -0.25) is 0 Å². The van der Waals surface area contributed by atoms with E-state index in [0.29, 0.717) is 11.1 Å². The van der Waals surface area contributed by atoms with E-state index >= 15 is 0 Å². The van der Waals surface area contributed by atoms with Crippen molar-refractivity contribution in [2.75, 3.05) is 31.1 Å². The van der Waals surface area contributed by atoms with Crippen molar-refractivity contribution in [3.05, 3.63) is 42.0 Å². The Balaban J connectivity index is 1.20. The number of hydrogen-bond donors (Lipinski definition) is 0. The molecule has 5 rings (SSSR count). The Hall–Kier alpha value is -2.08. The van der Waals surface area contributed by atoms with Crippen LogP contribution < -0.4 is 4.90 Å². The average Bonchev–Trinajstić information content (AvgIpc) is 2.71. The second-order valence-corrected chi connectivity index (χ2v) is 9.01. The standard InChI is InChI=1S/C23H28F2N4/c24-17-4-5-20(25)19(16-17)21-6-7-22(27-26-21)29-14-10-23(11-15-29)8-12-28(13-9-23)18-2-1-3-18/h4-7,16,18H,1-3,8-15H2. The summed E-state index contributed by atoms with van der Waals surface area (Å²) in [6, 6.07) is 7.89. The van der Waals surface area contributed by atoms with Crippen LogP contribution in [-0.4, -0.2) is 47.3 Å². The van der Waals surface area contributed by atoms with Crippen molar-refractivity contribution in [2.24, 2.45) is 5.41 Å². The van der Waals surface area contributed by atoms with Gasteiger partial charge in [-0.25, -0.2) is 8.78 Å². The molecule has 0 N–H and O–H groups in total. The van der Waals surface area contributed by atoms with Gasteiger partial charge in [0, 0.05) is 24.7 Å². The Kier molecular flexibility index (Phi) is 4.98. The van der Waals surface area contributed by atoms with Crippen molar-refractivity contribution in [3.63, 3.8) is 0 Å². The van der Waals surface area contributed by atoms with Crippen LogP contribution in [0.15, 0.2) is 30.3 Å². The minimum atomic E-state index is -0.485. The minimum absolute atomic E-state index is 0.153. The van der Waals surface area contributed by atoms with Gasteiger partial charge in [0.25, 0.3) is 0 Å². The smallest absolute Gasteiger partial charge is 0.151 e. The molecule has 29 heavy (non-hydrogen) atoms. The molecule has 2 saturated heterocycles. The maximum atomic E-state index is 14.0. The van der Waals surface area contributed by atoms with Crippen molar-refractivity contribution < 1.29 is 8.78 Å². The quantitative estimate of drug-likeness (QED) is 0.753. The van der Waals surface area contributed by atoms with E-state index < -0.39 is 11.6 Å². The number of hydrogen-bond acceptors (Lipinski definition) is 4. The summed E-state index contributed by atoms with van der Waals surface area (Å²) in [5.41, 5.74) is 1.01. The Morgan fingerprint density at radius 1 is 0.862 bits per heavy atom. The third kappa shape index (κ3) is 3.75. The van der Waals surface area contributed by atoms with Crippen LogP contribution in [0.3, 0.4) is 0 Å². The number of aromatic nitrogens is 2. The zero-order valence-electron chi connectivity index (χ0n) is 16.8. The minimum Gasteiger partial charge on any atom is -0.355 e. The van der Waals surface area contributed by atoms with Crippen molar-refractivity contribution in [1.82, 2.24) is 15.1 Å². The topological polar surface area (TPSA) is 32.3 Å². The first-order chi connectivity index (χ1) is 14.1. The molecule has 1 aliphatic carbocycles. The molecule has 1 aromatic heterocycles. The summed E-state index contributed by atoms with van der Waals surface area (Å²) in [5, 5.41) is 8.49. The summed E-state index contributed by atoms with van der Waals surface area (Å²) in [7, 11) is 0. The predicted octanol–water partition coefficient (Wildman–Crippen LogP) is 4.66. The number of likely N-dealkylation sites (tertiary alicyclic amines) is 1. The molecule has 0 radical (unpaired) electrons. The molecule has 3 aliphatic rings. The van der Waals surface area contributed by atoms with Crippen LogP contribution in [-0.2, 0) is 0 Å². The van der Waals surface area contributed by atoms with Gasteiger partial charge in [-0.2, -0.15) is 0 Å². The summed E-state index contributed by atoms with van der Waals surface area (Å²) in [6.45, 7) is 4.51. The van der Waals surface area contributed by atoms with E-state index in [1.165, 1.54) is 64.1 Å². The maximum absolute atomic E-state index is 14.0. The molecule has 1 saturated carbocycles. The molecule has 2 aliphatic heterocycles. The van der Waals surface area contributed by atoms with Gasteiger partial charge in [-0.05, 0) is 87.4 Å². The third-order valence-corrected chi connectivity index (χ3v) is 7.45. The predicted molar refractivity (Wildman–Crippen MR) is 110 cm³/mol. The highest BCUT2D eigenvalue weighted by atomic mass is 19.1. The van der Waals surface area contributed by atoms with Crippen LogP contribution in [0.1, 0.15) is 44.9 Å². The van der Waals surface area contributed by atoms with Gasteiger partial charge in [-0.15, -0.1) is 10.2 Å². The Morgan fingerprint density at radius 2 is 1.59 bits per heavy atom. The van der Waals surface area contributed by atoms with E-state index in [9.17, 15) is 8.78 Å². The van der Waals surface area contributed by atoms with Gasteiger partial charge in [0.15, 0.2) is 5.82 Å². The van der Waals surface area contributed by atoms with Crippen molar-refractivity contribution >= 4 is 5.82 Å². The zero-order chi connectivity index (χ0) is 19.8. The number of anilines is 1. The zero-order valence-corrected chi connectivity index (χ0v) is 16.8. The maximum Gasteiger partial charge on any atom is 0.151 e. The first-order valence-electron chi connectivity index (χ1n) is 10.9. The number of piperidine rings is 2. The van der Waals surface area contributed by atoms with E-state index in [1.807, 2.05) is 6.07 Å². The van der Waals surface area contributed by atoms with Gasteiger partial charge in [0.05, 0.1) is 5.69 Å². The first-order valence-corrected chi connectivity index (χ1v) is 10.9. The molecule has 154 valence electrons. The molecule has 0 amide bonds. The molecule has 0 atom stereocenters. The van der Waals surface area contributed by atoms with Gasteiger partial charge < -0.3 is 9.80 Å². The molecule has 1 spiro atoms. The SMILES string of the molecule is Fc1ccc(F)c(-c2ccc(N3CCC4(CC3)CCN(C3CCC3)CC4)nn2)c1. The second-order valence-electron chi connectivity index (χ2n) is 9.01. The van der Waals surface area contributed by atoms with Crippen molar-refractivity contribution in [2.45, 2.75) is 51.0 Å². The molecular weight excluding hydrogens is 370 g/mol. The highest BCUT2D eigenvalue weighted by Crippen LogP contribution is 2.43. The summed E-state index contributed by atoms with van der Waals surface area (Å²) in [4.78, 5) is 5.00. The molecular formula is C23H28F2N4. The van der Waals surface area contributed by atoms with E-state index in [-0.39, 0.29) is 5.56 Å². The molecule has 6 heteroatoms. The fourth-order valence-electron chi connectivity index (χ4n) is 5.16. The molecule has 0 bridgehead atoms. The van der Waals surface area contributed by atoms with Crippen LogP contribution in [0.2, 0.25) is 0 Å². The largest absolute Gasteiger partial charge is 0.355 e. The van der Waals surface area contributed by atoms with Gasteiger partial charge >= 0.3 is 0 Å². The van der Waals surface area contributed by atoms with Crippen LogP contribution in [0.4, 0.5) is 14.6 Å². The van der Waals surface area contributed by atoms with E-state index in [4.69, 9.17) is 0 Å². The van der Waals surface area contributed by atoms with E-state index in [0.717, 1.165) is 37.1 Å². The Bertz CT molecular complexity index is 848. The van der Waals surface area contributed by atoms with E-state index in [2.05, 4.69) is 20.0 Å². The number of nitrogens with zero attached hydrogens (tertiary/aromatic N) is 4. The van der Waals surface area contributed by atoms with Gasteiger partial charge in [-0.1, -0.05) is 6.42 Å². The van der Waals surface area contributed by atoms with Crippen LogP contribution >= 0.6 is 0 Å². The molecule has 4 nitrogen and oxygen atoms in total. The first kappa shape index (κ1) is 18.9. The van der Waals surface area contributed by atoms with Crippen molar-refractivity contribution in [3.8, 4) is 11.3 Å². The van der Waals surface area contributed by atoms with Gasteiger partial charge in [0.2, 0.25) is 0 Å². The number of rotatable bonds is 3. The second kappa shape index (κ2) is 7.63. The van der Waals surface area contributed by atoms with Crippen molar-refractivity contribution in [1.29, 1.82) is 0 Å². The number of halogens is 2.